The monoisotopic (exact) mass is 241 g/mol. The molecule has 2 N–H and O–H groups in total. The molecule has 0 amide bonds. The van der Waals surface area contributed by atoms with Gasteiger partial charge in [-0.05, 0) is 29.8 Å². The van der Waals surface area contributed by atoms with Gasteiger partial charge in [-0.3, -0.25) is 0 Å². The lowest BCUT2D eigenvalue weighted by atomic mass is 10.1. The Balaban J connectivity index is 1.93. The van der Waals surface area contributed by atoms with Gasteiger partial charge in [0.1, 0.15) is 11.9 Å². The largest absolute Gasteiger partial charge is 0.321 e. The van der Waals surface area contributed by atoms with Crippen LogP contribution in [0.5, 0.6) is 0 Å². The van der Waals surface area contributed by atoms with Crippen molar-refractivity contribution in [1.82, 2.24) is 5.43 Å². The summed E-state index contributed by atoms with van der Waals surface area (Å²) in [5.41, 5.74) is 7.88. The molecule has 0 saturated heterocycles. The molecule has 0 fully saturated rings. The smallest absolute Gasteiger partial charge is 0.140 e. The van der Waals surface area contributed by atoms with Crippen LogP contribution in [0.2, 0.25) is 0 Å². The standard InChI is InChI=1S/C14H12FN3/c15-14-7-6-11(8-12(14)9-16)10-17-18-13-4-2-1-3-5-13/h1-8,17-18H,10H2. The summed E-state index contributed by atoms with van der Waals surface area (Å²) in [6.07, 6.45) is 0. The van der Waals surface area contributed by atoms with Gasteiger partial charge in [0.25, 0.3) is 0 Å². The van der Waals surface area contributed by atoms with E-state index in [1.165, 1.54) is 12.1 Å². The van der Waals surface area contributed by atoms with Gasteiger partial charge < -0.3 is 5.43 Å². The molecule has 0 aromatic heterocycles. The Kier molecular flexibility index (Phi) is 3.90. The predicted molar refractivity (Wildman–Crippen MR) is 68.0 cm³/mol. The summed E-state index contributed by atoms with van der Waals surface area (Å²) >= 11 is 0. The van der Waals surface area contributed by atoms with Gasteiger partial charge in [-0.1, -0.05) is 24.3 Å². The zero-order valence-corrected chi connectivity index (χ0v) is 9.65. The lowest BCUT2D eigenvalue weighted by molar-refractivity contribution is 0.622. The number of nitrogens with zero attached hydrogens (tertiary/aromatic N) is 1. The zero-order valence-electron chi connectivity index (χ0n) is 9.65. The Labute approximate surface area is 105 Å². The fourth-order valence-corrected chi connectivity index (χ4v) is 1.54. The van der Waals surface area contributed by atoms with E-state index in [0.717, 1.165) is 11.3 Å². The molecule has 2 aromatic rings. The van der Waals surface area contributed by atoms with E-state index in [9.17, 15) is 4.39 Å². The predicted octanol–water partition coefficient (Wildman–Crippen LogP) is 2.81. The summed E-state index contributed by atoms with van der Waals surface area (Å²) in [6, 6.07) is 16.0. The van der Waals surface area contributed by atoms with Crippen molar-refractivity contribution in [1.29, 1.82) is 5.26 Å². The number of benzene rings is 2. The normalized spacial score (nSPS) is 9.78. The van der Waals surface area contributed by atoms with Crippen molar-refractivity contribution in [2.45, 2.75) is 6.54 Å². The van der Waals surface area contributed by atoms with Crippen molar-refractivity contribution < 1.29 is 4.39 Å². The number of hydrazine groups is 1. The number of hydrogen-bond acceptors (Lipinski definition) is 3. The molecule has 0 saturated carbocycles. The van der Waals surface area contributed by atoms with Gasteiger partial charge in [-0.25, -0.2) is 9.82 Å². The van der Waals surface area contributed by atoms with Crippen molar-refractivity contribution in [2.24, 2.45) is 0 Å². The molecular formula is C14H12FN3. The van der Waals surface area contributed by atoms with E-state index >= 15 is 0 Å². The molecule has 0 aliphatic rings. The molecule has 4 heteroatoms. The highest BCUT2D eigenvalue weighted by molar-refractivity contribution is 5.41. The number of anilines is 1. The molecule has 90 valence electrons. The van der Waals surface area contributed by atoms with Crippen molar-refractivity contribution >= 4 is 5.69 Å². The van der Waals surface area contributed by atoms with Gasteiger partial charge in [0, 0.05) is 12.2 Å². The van der Waals surface area contributed by atoms with Gasteiger partial charge in [-0.15, -0.1) is 0 Å². The third-order valence-electron chi connectivity index (χ3n) is 2.45. The van der Waals surface area contributed by atoms with Crippen LogP contribution in [-0.2, 0) is 6.54 Å². The highest BCUT2D eigenvalue weighted by Crippen LogP contribution is 2.09. The minimum atomic E-state index is -0.489. The number of nitriles is 1. The van der Waals surface area contributed by atoms with E-state index in [-0.39, 0.29) is 5.56 Å². The molecule has 0 aliphatic heterocycles. The highest BCUT2D eigenvalue weighted by Gasteiger charge is 2.02. The topological polar surface area (TPSA) is 47.9 Å². The molecule has 0 atom stereocenters. The summed E-state index contributed by atoms with van der Waals surface area (Å²) in [4.78, 5) is 0. The van der Waals surface area contributed by atoms with Crippen LogP contribution < -0.4 is 10.9 Å². The summed E-state index contributed by atoms with van der Waals surface area (Å²) < 4.78 is 13.1. The minimum absolute atomic E-state index is 0.0639. The van der Waals surface area contributed by atoms with Gasteiger partial charge in [0.2, 0.25) is 0 Å². The van der Waals surface area contributed by atoms with E-state index in [4.69, 9.17) is 5.26 Å². The third kappa shape index (κ3) is 3.06. The van der Waals surface area contributed by atoms with E-state index in [2.05, 4.69) is 10.9 Å². The molecule has 18 heavy (non-hydrogen) atoms. The minimum Gasteiger partial charge on any atom is -0.321 e. The number of hydrogen-bond donors (Lipinski definition) is 2. The second-order valence-electron chi connectivity index (χ2n) is 3.77. The molecule has 0 radical (unpaired) electrons. The average molecular weight is 241 g/mol. The van der Waals surface area contributed by atoms with E-state index in [1.807, 2.05) is 36.4 Å². The lowest BCUT2D eigenvalue weighted by Crippen LogP contribution is -2.20. The van der Waals surface area contributed by atoms with E-state index in [0.29, 0.717) is 6.54 Å². The molecule has 0 aliphatic carbocycles. The van der Waals surface area contributed by atoms with Crippen LogP contribution >= 0.6 is 0 Å². The zero-order chi connectivity index (χ0) is 12.8. The van der Waals surface area contributed by atoms with Crippen LogP contribution in [0.15, 0.2) is 48.5 Å². The van der Waals surface area contributed by atoms with Crippen LogP contribution in [0.25, 0.3) is 0 Å². The van der Waals surface area contributed by atoms with Crippen molar-refractivity contribution in [3.05, 3.63) is 65.5 Å². The maximum absolute atomic E-state index is 13.1. The summed E-state index contributed by atoms with van der Waals surface area (Å²) in [5.74, 6) is -0.489. The first kappa shape index (κ1) is 12.1. The van der Waals surface area contributed by atoms with Gasteiger partial charge in [0.15, 0.2) is 0 Å². The Morgan fingerprint density at radius 1 is 1.11 bits per heavy atom. The van der Waals surface area contributed by atoms with Gasteiger partial charge in [-0.2, -0.15) is 5.26 Å². The van der Waals surface area contributed by atoms with Crippen LogP contribution in [0, 0.1) is 17.1 Å². The number of halogens is 1. The highest BCUT2D eigenvalue weighted by atomic mass is 19.1. The Hall–Kier alpha value is -2.38. The third-order valence-corrected chi connectivity index (χ3v) is 2.45. The second-order valence-corrected chi connectivity index (χ2v) is 3.77. The first-order valence-electron chi connectivity index (χ1n) is 5.52. The van der Waals surface area contributed by atoms with Crippen LogP contribution in [0.3, 0.4) is 0 Å². The maximum Gasteiger partial charge on any atom is 0.140 e. The second kappa shape index (κ2) is 5.80. The fraction of sp³-hybridized carbons (Fsp3) is 0.0714. The molecule has 3 nitrogen and oxygen atoms in total. The van der Waals surface area contributed by atoms with Crippen LogP contribution in [0.1, 0.15) is 11.1 Å². The van der Waals surface area contributed by atoms with Gasteiger partial charge in [0.05, 0.1) is 5.56 Å². The molecule has 0 heterocycles. The number of para-hydroxylation sites is 1. The Bertz CT molecular complexity index is 561. The van der Waals surface area contributed by atoms with Crippen LogP contribution in [-0.4, -0.2) is 0 Å². The quantitative estimate of drug-likeness (QED) is 0.809. The Morgan fingerprint density at radius 3 is 2.61 bits per heavy atom. The molecule has 0 bridgehead atoms. The summed E-state index contributed by atoms with van der Waals surface area (Å²) in [5, 5.41) is 8.72. The molecular weight excluding hydrogens is 229 g/mol. The van der Waals surface area contributed by atoms with Crippen LogP contribution in [0.4, 0.5) is 10.1 Å². The van der Waals surface area contributed by atoms with E-state index in [1.54, 1.807) is 6.07 Å². The molecule has 2 rings (SSSR count). The SMILES string of the molecule is N#Cc1cc(CNNc2ccccc2)ccc1F. The Morgan fingerprint density at radius 2 is 1.89 bits per heavy atom. The molecule has 0 unspecified atom stereocenters. The van der Waals surface area contributed by atoms with Crippen molar-refractivity contribution in [3.63, 3.8) is 0 Å². The van der Waals surface area contributed by atoms with Gasteiger partial charge >= 0.3 is 0 Å². The summed E-state index contributed by atoms with van der Waals surface area (Å²) in [7, 11) is 0. The molecule has 2 aromatic carbocycles. The fourth-order valence-electron chi connectivity index (χ4n) is 1.54. The lowest BCUT2D eigenvalue weighted by Gasteiger charge is -2.08. The number of rotatable bonds is 4. The summed E-state index contributed by atoms with van der Waals surface area (Å²) in [6.45, 7) is 0.504. The maximum atomic E-state index is 13.1. The average Bonchev–Trinajstić information content (AvgIpc) is 2.42. The van der Waals surface area contributed by atoms with Crippen molar-refractivity contribution in [3.8, 4) is 6.07 Å². The molecule has 0 spiro atoms. The number of nitrogens with one attached hydrogen (secondary N) is 2. The first-order chi connectivity index (χ1) is 8.79. The van der Waals surface area contributed by atoms with E-state index < -0.39 is 5.82 Å². The van der Waals surface area contributed by atoms with Crippen molar-refractivity contribution in [2.75, 3.05) is 5.43 Å². The first-order valence-corrected chi connectivity index (χ1v) is 5.52.